The van der Waals surface area contributed by atoms with Crippen LogP contribution in [0.3, 0.4) is 0 Å². The van der Waals surface area contributed by atoms with Gasteiger partial charge in [0.1, 0.15) is 0 Å². The van der Waals surface area contributed by atoms with E-state index in [0.717, 1.165) is 12.1 Å². The van der Waals surface area contributed by atoms with Gasteiger partial charge in [-0.1, -0.05) is 19.9 Å². The van der Waals surface area contributed by atoms with Gasteiger partial charge in [-0.2, -0.15) is 0 Å². The summed E-state index contributed by atoms with van der Waals surface area (Å²) < 4.78 is 14.0. The lowest BCUT2D eigenvalue weighted by molar-refractivity contribution is 0.0557. The minimum atomic E-state index is -1.12. The lowest BCUT2D eigenvalue weighted by Crippen LogP contribution is -2.30. The van der Waals surface area contributed by atoms with E-state index in [4.69, 9.17) is 0 Å². The van der Waals surface area contributed by atoms with Crippen molar-refractivity contribution in [3.05, 3.63) is 29.6 Å². The van der Waals surface area contributed by atoms with Crippen LogP contribution in [0.15, 0.2) is 18.2 Å². The van der Waals surface area contributed by atoms with Crippen molar-refractivity contribution >= 4 is 0 Å². The second-order valence-corrected chi connectivity index (χ2v) is 4.42. The predicted molar refractivity (Wildman–Crippen MR) is 55.0 cm³/mol. The third kappa shape index (κ3) is 1.54. The first-order valence-corrected chi connectivity index (χ1v) is 5.28. The van der Waals surface area contributed by atoms with Crippen LogP contribution in [0.2, 0.25) is 0 Å². The van der Waals surface area contributed by atoms with E-state index in [1.165, 1.54) is 0 Å². The topological polar surface area (TPSA) is 12.9 Å². The SMILES string of the molecule is CC(C)c1cccc(C2(F)CCC2)n1. The summed E-state index contributed by atoms with van der Waals surface area (Å²) in [6.07, 6.45) is 2.27. The van der Waals surface area contributed by atoms with E-state index < -0.39 is 5.67 Å². The number of alkyl halides is 1. The number of pyridine rings is 1. The minimum absolute atomic E-state index is 0.374. The largest absolute Gasteiger partial charge is 0.254 e. The van der Waals surface area contributed by atoms with Crippen molar-refractivity contribution in [1.82, 2.24) is 4.98 Å². The number of aromatic nitrogens is 1. The molecule has 0 bridgehead atoms. The van der Waals surface area contributed by atoms with Crippen LogP contribution in [-0.4, -0.2) is 4.98 Å². The smallest absolute Gasteiger partial charge is 0.152 e. The van der Waals surface area contributed by atoms with E-state index in [1.54, 1.807) is 0 Å². The van der Waals surface area contributed by atoms with Crippen molar-refractivity contribution in [2.75, 3.05) is 0 Å². The van der Waals surface area contributed by atoms with Gasteiger partial charge in [-0.3, -0.25) is 4.98 Å². The Balaban J connectivity index is 2.30. The van der Waals surface area contributed by atoms with Gasteiger partial charge < -0.3 is 0 Å². The average Bonchev–Trinajstić information content (AvgIpc) is 2.14. The van der Waals surface area contributed by atoms with Crippen LogP contribution < -0.4 is 0 Å². The van der Waals surface area contributed by atoms with Crippen LogP contribution >= 0.6 is 0 Å². The van der Waals surface area contributed by atoms with Crippen LogP contribution in [0, 0.1) is 0 Å². The zero-order valence-corrected chi connectivity index (χ0v) is 8.76. The van der Waals surface area contributed by atoms with Crippen molar-refractivity contribution in [1.29, 1.82) is 0 Å². The quantitative estimate of drug-likeness (QED) is 0.700. The summed E-state index contributed by atoms with van der Waals surface area (Å²) in [6.45, 7) is 4.16. The maximum Gasteiger partial charge on any atom is 0.152 e. The molecule has 0 aliphatic heterocycles. The Labute approximate surface area is 84.4 Å². The summed E-state index contributed by atoms with van der Waals surface area (Å²) in [4.78, 5) is 4.39. The number of hydrogen-bond acceptors (Lipinski definition) is 1. The first kappa shape index (κ1) is 9.63. The molecule has 1 aromatic rings. The maximum atomic E-state index is 14.0. The Morgan fingerprint density at radius 2 is 2.07 bits per heavy atom. The van der Waals surface area contributed by atoms with Gasteiger partial charge in [-0.25, -0.2) is 4.39 Å². The minimum Gasteiger partial charge on any atom is -0.254 e. The van der Waals surface area contributed by atoms with Gasteiger partial charge in [0.05, 0.1) is 5.69 Å². The highest BCUT2D eigenvalue weighted by molar-refractivity contribution is 5.21. The molecule has 0 spiro atoms. The summed E-state index contributed by atoms with van der Waals surface area (Å²) in [7, 11) is 0. The second kappa shape index (κ2) is 3.34. The highest BCUT2D eigenvalue weighted by Crippen LogP contribution is 2.44. The Morgan fingerprint density at radius 3 is 2.57 bits per heavy atom. The van der Waals surface area contributed by atoms with E-state index in [1.807, 2.05) is 18.2 Å². The zero-order chi connectivity index (χ0) is 10.2. The van der Waals surface area contributed by atoms with Gasteiger partial charge in [-0.15, -0.1) is 0 Å². The van der Waals surface area contributed by atoms with Crippen LogP contribution in [-0.2, 0) is 5.67 Å². The van der Waals surface area contributed by atoms with E-state index in [9.17, 15) is 4.39 Å². The summed E-state index contributed by atoms with van der Waals surface area (Å²) in [6, 6.07) is 5.69. The van der Waals surface area contributed by atoms with E-state index in [0.29, 0.717) is 24.5 Å². The van der Waals surface area contributed by atoms with Gasteiger partial charge in [0.2, 0.25) is 0 Å². The Hall–Kier alpha value is -0.920. The molecule has 0 aromatic carbocycles. The number of nitrogens with zero attached hydrogens (tertiary/aromatic N) is 1. The second-order valence-electron chi connectivity index (χ2n) is 4.42. The molecule has 0 N–H and O–H groups in total. The molecule has 0 radical (unpaired) electrons. The number of rotatable bonds is 2. The molecular formula is C12H16FN. The fraction of sp³-hybridized carbons (Fsp3) is 0.583. The van der Waals surface area contributed by atoms with Gasteiger partial charge in [0.15, 0.2) is 5.67 Å². The Bertz CT molecular complexity index is 329. The maximum absolute atomic E-state index is 14.0. The predicted octanol–water partition coefficient (Wildman–Crippen LogP) is 3.55. The molecule has 1 aliphatic carbocycles. The molecule has 1 heterocycles. The monoisotopic (exact) mass is 193 g/mol. The highest BCUT2D eigenvalue weighted by atomic mass is 19.1. The normalized spacial score (nSPS) is 19.4. The average molecular weight is 193 g/mol. The van der Waals surface area contributed by atoms with Crippen molar-refractivity contribution in [3.63, 3.8) is 0 Å². The van der Waals surface area contributed by atoms with Crippen LogP contribution in [0.1, 0.15) is 50.4 Å². The molecule has 0 saturated heterocycles. The first-order valence-electron chi connectivity index (χ1n) is 5.28. The Kier molecular flexibility index (Phi) is 2.30. The first-order chi connectivity index (χ1) is 6.62. The molecular weight excluding hydrogens is 177 g/mol. The highest BCUT2D eigenvalue weighted by Gasteiger charge is 2.40. The summed E-state index contributed by atoms with van der Waals surface area (Å²) in [5.41, 5.74) is 0.506. The fourth-order valence-corrected chi connectivity index (χ4v) is 1.77. The van der Waals surface area contributed by atoms with Crippen molar-refractivity contribution < 1.29 is 4.39 Å². The van der Waals surface area contributed by atoms with Crippen molar-refractivity contribution in [3.8, 4) is 0 Å². The molecule has 76 valence electrons. The van der Waals surface area contributed by atoms with Crippen LogP contribution in [0.25, 0.3) is 0 Å². The van der Waals surface area contributed by atoms with Gasteiger partial charge >= 0.3 is 0 Å². The number of halogens is 1. The fourth-order valence-electron chi connectivity index (χ4n) is 1.77. The van der Waals surface area contributed by atoms with Crippen LogP contribution in [0.4, 0.5) is 4.39 Å². The van der Waals surface area contributed by atoms with Crippen molar-refractivity contribution in [2.24, 2.45) is 0 Å². The molecule has 2 heteroatoms. The van der Waals surface area contributed by atoms with Crippen molar-refractivity contribution in [2.45, 2.75) is 44.7 Å². The molecule has 0 amide bonds. The van der Waals surface area contributed by atoms with Gasteiger partial charge in [0.25, 0.3) is 0 Å². The summed E-state index contributed by atoms with van der Waals surface area (Å²) in [5.74, 6) is 0.374. The lowest BCUT2D eigenvalue weighted by atomic mass is 9.79. The summed E-state index contributed by atoms with van der Waals surface area (Å²) in [5, 5.41) is 0. The van der Waals surface area contributed by atoms with Gasteiger partial charge in [0, 0.05) is 5.69 Å². The zero-order valence-electron chi connectivity index (χ0n) is 8.76. The van der Waals surface area contributed by atoms with E-state index >= 15 is 0 Å². The molecule has 1 nitrogen and oxygen atoms in total. The molecule has 0 atom stereocenters. The number of hydrogen-bond donors (Lipinski definition) is 0. The van der Waals surface area contributed by atoms with E-state index in [-0.39, 0.29) is 0 Å². The lowest BCUT2D eigenvalue weighted by Gasteiger charge is -2.33. The molecule has 1 fully saturated rings. The molecule has 2 rings (SSSR count). The third-order valence-corrected chi connectivity index (χ3v) is 2.97. The summed E-state index contributed by atoms with van der Waals surface area (Å²) >= 11 is 0. The molecule has 1 saturated carbocycles. The Morgan fingerprint density at radius 1 is 1.36 bits per heavy atom. The molecule has 0 unspecified atom stereocenters. The van der Waals surface area contributed by atoms with Crippen LogP contribution in [0.5, 0.6) is 0 Å². The molecule has 1 aliphatic rings. The standard InChI is InChI=1S/C12H16FN/c1-9(2)10-5-3-6-11(14-10)12(13)7-4-8-12/h3,5-6,9H,4,7-8H2,1-2H3. The van der Waals surface area contributed by atoms with E-state index in [2.05, 4.69) is 18.8 Å². The molecule has 14 heavy (non-hydrogen) atoms. The molecule has 1 aromatic heterocycles. The third-order valence-electron chi connectivity index (χ3n) is 2.97. The van der Waals surface area contributed by atoms with Gasteiger partial charge in [-0.05, 0) is 37.3 Å².